The summed E-state index contributed by atoms with van der Waals surface area (Å²) >= 11 is 0. The smallest absolute Gasteiger partial charge is 0.154 e. The van der Waals surface area contributed by atoms with Crippen LogP contribution in [0.15, 0.2) is 66.9 Å². The molecule has 2 N–H and O–H groups in total. The van der Waals surface area contributed by atoms with Crippen LogP contribution in [-0.2, 0) is 0 Å². The van der Waals surface area contributed by atoms with Gasteiger partial charge in [-0.2, -0.15) is 0 Å². The number of nitrogens with zero attached hydrogens (tertiary/aromatic N) is 3. The summed E-state index contributed by atoms with van der Waals surface area (Å²) in [5.74, 6) is 1.27. The van der Waals surface area contributed by atoms with Crippen molar-refractivity contribution < 1.29 is 9.13 Å². The van der Waals surface area contributed by atoms with E-state index < -0.39 is 0 Å². The number of fused-ring (bicyclic) bond motifs is 1. The molecule has 0 bridgehead atoms. The Hall–Kier alpha value is -3.45. The molecule has 4 aromatic rings. The molecule has 2 aromatic carbocycles. The Kier molecular flexibility index (Phi) is 5.26. The molecule has 1 aliphatic heterocycles. The van der Waals surface area contributed by atoms with Gasteiger partial charge in [0.2, 0.25) is 0 Å². The van der Waals surface area contributed by atoms with Crippen molar-refractivity contribution in [2.75, 3.05) is 18.5 Å². The van der Waals surface area contributed by atoms with Crippen molar-refractivity contribution in [2.24, 2.45) is 0 Å². The van der Waals surface area contributed by atoms with E-state index in [-0.39, 0.29) is 11.9 Å². The molecule has 5 rings (SSSR count). The molecule has 0 saturated carbocycles. The van der Waals surface area contributed by atoms with Gasteiger partial charge >= 0.3 is 0 Å². The Morgan fingerprint density at radius 1 is 1.19 bits per heavy atom. The number of imidazole rings is 1. The standard InChI is InChI=1S/C24H24FN5O/c1-16(17-4-2-6-19(25)12-17)28-23-8-9-24-27-14-22(30(24)29-23)18-5-3-7-21(13-18)31-15-20-10-11-26-20/h2-9,12-14,16,20,26H,10-11,15H2,1H3,(H,28,29)/t16-,20+/m1/s1. The molecule has 7 heteroatoms. The predicted molar refractivity (Wildman–Crippen MR) is 119 cm³/mol. The van der Waals surface area contributed by atoms with Crippen LogP contribution in [0.4, 0.5) is 10.2 Å². The fourth-order valence-corrected chi connectivity index (χ4v) is 3.66. The Morgan fingerprint density at radius 3 is 2.87 bits per heavy atom. The van der Waals surface area contributed by atoms with Crippen molar-refractivity contribution in [3.8, 4) is 17.0 Å². The van der Waals surface area contributed by atoms with Gasteiger partial charge in [-0.1, -0.05) is 24.3 Å². The summed E-state index contributed by atoms with van der Waals surface area (Å²) < 4.78 is 21.3. The molecule has 1 saturated heterocycles. The molecule has 0 aliphatic carbocycles. The van der Waals surface area contributed by atoms with Gasteiger partial charge in [-0.15, -0.1) is 5.10 Å². The van der Waals surface area contributed by atoms with Crippen molar-refractivity contribution in [2.45, 2.75) is 25.4 Å². The van der Waals surface area contributed by atoms with Gasteiger partial charge in [0.1, 0.15) is 24.0 Å². The zero-order valence-electron chi connectivity index (χ0n) is 17.3. The topological polar surface area (TPSA) is 63.5 Å². The molecule has 158 valence electrons. The lowest BCUT2D eigenvalue weighted by molar-refractivity contribution is 0.217. The van der Waals surface area contributed by atoms with Crippen LogP contribution in [0.2, 0.25) is 0 Å². The maximum absolute atomic E-state index is 13.6. The monoisotopic (exact) mass is 417 g/mol. The van der Waals surface area contributed by atoms with Crippen molar-refractivity contribution in [3.05, 3.63) is 78.2 Å². The Balaban J connectivity index is 1.39. The van der Waals surface area contributed by atoms with Crippen molar-refractivity contribution in [3.63, 3.8) is 0 Å². The van der Waals surface area contributed by atoms with E-state index in [1.165, 1.54) is 12.1 Å². The van der Waals surface area contributed by atoms with Crippen LogP contribution >= 0.6 is 0 Å². The third-order valence-corrected chi connectivity index (χ3v) is 5.58. The first-order valence-corrected chi connectivity index (χ1v) is 10.5. The summed E-state index contributed by atoms with van der Waals surface area (Å²) in [6.45, 7) is 3.71. The molecule has 0 unspecified atom stereocenters. The van der Waals surface area contributed by atoms with E-state index in [1.807, 2.05) is 60.1 Å². The second-order valence-electron chi connectivity index (χ2n) is 7.83. The highest BCUT2D eigenvalue weighted by molar-refractivity contribution is 5.65. The van der Waals surface area contributed by atoms with E-state index in [0.717, 1.165) is 41.2 Å². The number of hydrogen-bond donors (Lipinski definition) is 2. The molecule has 2 atom stereocenters. The van der Waals surface area contributed by atoms with Crippen molar-refractivity contribution in [1.82, 2.24) is 19.9 Å². The minimum absolute atomic E-state index is 0.0931. The lowest BCUT2D eigenvalue weighted by atomic mass is 10.1. The number of rotatable bonds is 7. The molecule has 1 aliphatic rings. The molecule has 6 nitrogen and oxygen atoms in total. The van der Waals surface area contributed by atoms with E-state index in [0.29, 0.717) is 18.5 Å². The molecule has 31 heavy (non-hydrogen) atoms. The van der Waals surface area contributed by atoms with E-state index >= 15 is 0 Å². The number of benzene rings is 2. The third kappa shape index (κ3) is 4.22. The Bertz CT molecular complexity index is 1200. The Morgan fingerprint density at radius 2 is 2.06 bits per heavy atom. The second kappa shape index (κ2) is 8.35. The summed E-state index contributed by atoms with van der Waals surface area (Å²) in [6.07, 6.45) is 2.97. The molecular weight excluding hydrogens is 393 g/mol. The van der Waals surface area contributed by atoms with E-state index in [2.05, 4.69) is 15.6 Å². The van der Waals surface area contributed by atoms with Crippen LogP contribution in [0, 0.1) is 5.82 Å². The summed E-state index contributed by atoms with van der Waals surface area (Å²) in [5.41, 5.74) is 3.47. The first kappa shape index (κ1) is 19.5. The highest BCUT2D eigenvalue weighted by Gasteiger charge is 2.17. The van der Waals surface area contributed by atoms with E-state index in [9.17, 15) is 4.39 Å². The van der Waals surface area contributed by atoms with Crippen molar-refractivity contribution >= 4 is 11.5 Å². The number of halogens is 1. The zero-order valence-corrected chi connectivity index (χ0v) is 17.3. The number of nitrogens with one attached hydrogen (secondary N) is 2. The quantitative estimate of drug-likeness (QED) is 0.465. The second-order valence-corrected chi connectivity index (χ2v) is 7.83. The van der Waals surface area contributed by atoms with Gasteiger partial charge in [0, 0.05) is 11.6 Å². The average molecular weight is 417 g/mol. The molecule has 0 radical (unpaired) electrons. The van der Waals surface area contributed by atoms with Crippen LogP contribution in [0.1, 0.15) is 24.9 Å². The number of anilines is 1. The van der Waals surface area contributed by atoms with Gasteiger partial charge in [-0.25, -0.2) is 13.9 Å². The molecule has 2 aromatic heterocycles. The molecule has 1 fully saturated rings. The highest BCUT2D eigenvalue weighted by Crippen LogP contribution is 2.26. The average Bonchev–Trinajstić information content (AvgIpc) is 3.16. The Labute approximate surface area is 180 Å². The van der Waals surface area contributed by atoms with Gasteiger partial charge in [-0.3, -0.25) is 0 Å². The minimum atomic E-state index is -0.248. The fourth-order valence-electron chi connectivity index (χ4n) is 3.66. The third-order valence-electron chi connectivity index (χ3n) is 5.58. The SMILES string of the molecule is C[C@@H](Nc1ccc2ncc(-c3cccc(OC[C@@H]4CCN4)c3)n2n1)c1cccc(F)c1. The summed E-state index contributed by atoms with van der Waals surface area (Å²) in [4.78, 5) is 4.48. The summed E-state index contributed by atoms with van der Waals surface area (Å²) in [7, 11) is 0. The highest BCUT2D eigenvalue weighted by atomic mass is 19.1. The molecule has 0 spiro atoms. The van der Waals surface area contributed by atoms with Crippen LogP contribution in [0.25, 0.3) is 16.9 Å². The number of aromatic nitrogens is 3. The lowest BCUT2D eigenvalue weighted by Crippen LogP contribution is -2.46. The van der Waals surface area contributed by atoms with E-state index in [4.69, 9.17) is 9.84 Å². The van der Waals surface area contributed by atoms with Crippen molar-refractivity contribution in [1.29, 1.82) is 0 Å². The first-order chi connectivity index (χ1) is 15.2. The molecule has 0 amide bonds. The lowest BCUT2D eigenvalue weighted by Gasteiger charge is -2.27. The van der Waals surface area contributed by atoms with Gasteiger partial charge in [0.05, 0.1) is 17.9 Å². The van der Waals surface area contributed by atoms with Gasteiger partial charge in [0.25, 0.3) is 0 Å². The maximum atomic E-state index is 13.6. The maximum Gasteiger partial charge on any atom is 0.154 e. The predicted octanol–water partition coefficient (Wildman–Crippen LogP) is 4.45. The fraction of sp³-hybridized carbons (Fsp3) is 0.250. The number of ether oxygens (including phenoxy) is 1. The minimum Gasteiger partial charge on any atom is -0.492 e. The van der Waals surface area contributed by atoms with Crippen LogP contribution < -0.4 is 15.4 Å². The normalized spacial score (nSPS) is 16.6. The summed E-state index contributed by atoms with van der Waals surface area (Å²) in [5, 5.41) is 11.4. The zero-order chi connectivity index (χ0) is 21.2. The van der Waals surface area contributed by atoms with Gasteiger partial charge < -0.3 is 15.4 Å². The van der Waals surface area contributed by atoms with Gasteiger partial charge in [-0.05, 0) is 61.9 Å². The van der Waals surface area contributed by atoms with Crippen LogP contribution in [0.3, 0.4) is 0 Å². The first-order valence-electron chi connectivity index (χ1n) is 10.5. The number of hydrogen-bond acceptors (Lipinski definition) is 5. The largest absolute Gasteiger partial charge is 0.492 e. The summed E-state index contributed by atoms with van der Waals surface area (Å²) in [6, 6.07) is 18.7. The van der Waals surface area contributed by atoms with Crippen LogP contribution in [0.5, 0.6) is 5.75 Å². The van der Waals surface area contributed by atoms with E-state index in [1.54, 1.807) is 6.07 Å². The molecular formula is C24H24FN5O. The molecule has 3 heterocycles. The van der Waals surface area contributed by atoms with Crippen LogP contribution in [-0.4, -0.2) is 33.8 Å². The van der Waals surface area contributed by atoms with Gasteiger partial charge in [0.15, 0.2) is 5.65 Å².